The zero-order chi connectivity index (χ0) is 12.9. The molecule has 1 aromatic heterocycles. The molecule has 104 valence electrons. The van der Waals surface area contributed by atoms with E-state index in [2.05, 4.69) is 25.9 Å². The van der Waals surface area contributed by atoms with Crippen molar-refractivity contribution in [2.45, 2.75) is 38.1 Å². The minimum absolute atomic E-state index is 0.637. The summed E-state index contributed by atoms with van der Waals surface area (Å²) in [5.74, 6) is 2.74. The molecule has 2 fully saturated rings. The van der Waals surface area contributed by atoms with E-state index in [0.717, 1.165) is 24.1 Å². The van der Waals surface area contributed by atoms with Crippen molar-refractivity contribution in [3.63, 3.8) is 0 Å². The molecule has 1 aliphatic carbocycles. The van der Waals surface area contributed by atoms with E-state index >= 15 is 0 Å². The van der Waals surface area contributed by atoms with Crippen LogP contribution in [0.25, 0.3) is 0 Å². The normalized spacial score (nSPS) is 20.2. The molecule has 1 saturated carbocycles. The van der Waals surface area contributed by atoms with Gasteiger partial charge in [-0.2, -0.15) is 0 Å². The Morgan fingerprint density at radius 3 is 2.68 bits per heavy atom. The van der Waals surface area contributed by atoms with Gasteiger partial charge in [-0.05, 0) is 51.1 Å². The molecular weight excluding hydrogens is 238 g/mol. The Hall–Kier alpha value is -1.36. The molecule has 0 atom stereocenters. The van der Waals surface area contributed by atoms with E-state index in [1.54, 1.807) is 6.33 Å². The molecule has 0 amide bonds. The second kappa shape index (κ2) is 6.19. The molecule has 1 saturated heterocycles. The highest BCUT2D eigenvalue weighted by atomic mass is 15.1. The SMILES string of the molecule is c1nc(NCCC2CCNCC2)cc(NC2CC2)n1. The number of hydrogen-bond donors (Lipinski definition) is 3. The van der Waals surface area contributed by atoms with E-state index in [1.165, 1.54) is 45.2 Å². The molecule has 0 bridgehead atoms. The average molecular weight is 261 g/mol. The molecule has 1 aromatic rings. The molecule has 0 aromatic carbocycles. The van der Waals surface area contributed by atoms with Crippen molar-refractivity contribution in [2.75, 3.05) is 30.3 Å². The van der Waals surface area contributed by atoms with Gasteiger partial charge in [0.2, 0.25) is 0 Å². The first-order valence-electron chi connectivity index (χ1n) is 7.43. The van der Waals surface area contributed by atoms with E-state index in [-0.39, 0.29) is 0 Å². The topological polar surface area (TPSA) is 61.9 Å². The van der Waals surface area contributed by atoms with Gasteiger partial charge in [-0.25, -0.2) is 9.97 Å². The minimum atomic E-state index is 0.637. The molecule has 19 heavy (non-hydrogen) atoms. The second-order valence-electron chi connectivity index (χ2n) is 5.62. The Morgan fingerprint density at radius 2 is 1.89 bits per heavy atom. The van der Waals surface area contributed by atoms with Crippen LogP contribution in [0.2, 0.25) is 0 Å². The number of nitrogens with zero attached hydrogens (tertiary/aromatic N) is 2. The predicted octanol–water partition coefficient (Wildman–Crippen LogP) is 1.85. The van der Waals surface area contributed by atoms with Gasteiger partial charge in [-0.15, -0.1) is 0 Å². The zero-order valence-electron chi connectivity index (χ0n) is 11.4. The maximum absolute atomic E-state index is 4.28. The fourth-order valence-electron chi connectivity index (χ4n) is 2.54. The molecule has 3 N–H and O–H groups in total. The van der Waals surface area contributed by atoms with E-state index in [0.29, 0.717) is 6.04 Å². The third-order valence-corrected chi connectivity index (χ3v) is 3.91. The molecule has 1 aliphatic heterocycles. The highest BCUT2D eigenvalue weighted by molar-refractivity contribution is 5.47. The summed E-state index contributed by atoms with van der Waals surface area (Å²) in [6.45, 7) is 3.35. The first-order chi connectivity index (χ1) is 9.40. The van der Waals surface area contributed by atoms with Crippen molar-refractivity contribution in [3.8, 4) is 0 Å². The molecule has 0 radical (unpaired) electrons. The number of nitrogens with one attached hydrogen (secondary N) is 3. The van der Waals surface area contributed by atoms with Gasteiger partial charge in [0.25, 0.3) is 0 Å². The van der Waals surface area contributed by atoms with Crippen molar-refractivity contribution in [2.24, 2.45) is 5.92 Å². The van der Waals surface area contributed by atoms with Gasteiger partial charge in [0.1, 0.15) is 18.0 Å². The largest absolute Gasteiger partial charge is 0.370 e. The summed E-state index contributed by atoms with van der Waals surface area (Å²) in [4.78, 5) is 8.52. The van der Waals surface area contributed by atoms with E-state index in [1.807, 2.05) is 6.07 Å². The smallest absolute Gasteiger partial charge is 0.131 e. The summed E-state index contributed by atoms with van der Waals surface area (Å²) >= 11 is 0. The second-order valence-corrected chi connectivity index (χ2v) is 5.62. The summed E-state index contributed by atoms with van der Waals surface area (Å²) in [6, 6.07) is 2.65. The summed E-state index contributed by atoms with van der Waals surface area (Å²) in [7, 11) is 0. The maximum atomic E-state index is 4.28. The van der Waals surface area contributed by atoms with Crippen molar-refractivity contribution in [3.05, 3.63) is 12.4 Å². The molecule has 0 spiro atoms. The summed E-state index contributed by atoms with van der Waals surface area (Å²) < 4.78 is 0. The van der Waals surface area contributed by atoms with Crippen molar-refractivity contribution >= 4 is 11.6 Å². The van der Waals surface area contributed by atoms with Crippen LogP contribution < -0.4 is 16.0 Å². The molecule has 3 rings (SSSR count). The number of rotatable bonds is 6. The van der Waals surface area contributed by atoms with Crippen LogP contribution in [0.3, 0.4) is 0 Å². The van der Waals surface area contributed by atoms with Crippen LogP contribution in [0, 0.1) is 5.92 Å². The van der Waals surface area contributed by atoms with Gasteiger partial charge in [-0.1, -0.05) is 0 Å². The molecular formula is C14H23N5. The minimum Gasteiger partial charge on any atom is -0.370 e. The summed E-state index contributed by atoms with van der Waals surface area (Å²) in [6.07, 6.45) is 8.01. The van der Waals surface area contributed by atoms with Crippen LogP contribution in [-0.2, 0) is 0 Å². The van der Waals surface area contributed by atoms with Crippen LogP contribution in [0.15, 0.2) is 12.4 Å². The lowest BCUT2D eigenvalue weighted by atomic mass is 9.95. The van der Waals surface area contributed by atoms with E-state index in [4.69, 9.17) is 0 Å². The van der Waals surface area contributed by atoms with Crippen LogP contribution in [0.4, 0.5) is 11.6 Å². The number of aromatic nitrogens is 2. The van der Waals surface area contributed by atoms with Crippen LogP contribution in [0.5, 0.6) is 0 Å². The first-order valence-corrected chi connectivity index (χ1v) is 7.43. The van der Waals surface area contributed by atoms with Crippen molar-refractivity contribution < 1.29 is 0 Å². The highest BCUT2D eigenvalue weighted by Gasteiger charge is 2.21. The van der Waals surface area contributed by atoms with Gasteiger partial charge in [0.15, 0.2) is 0 Å². The maximum Gasteiger partial charge on any atom is 0.131 e. The predicted molar refractivity (Wildman–Crippen MR) is 77.4 cm³/mol. The van der Waals surface area contributed by atoms with E-state index in [9.17, 15) is 0 Å². The fourth-order valence-corrected chi connectivity index (χ4v) is 2.54. The quantitative estimate of drug-likeness (QED) is 0.729. The van der Waals surface area contributed by atoms with Crippen molar-refractivity contribution in [1.29, 1.82) is 0 Å². The third-order valence-electron chi connectivity index (χ3n) is 3.91. The van der Waals surface area contributed by atoms with Gasteiger partial charge in [0, 0.05) is 18.7 Å². The fraction of sp³-hybridized carbons (Fsp3) is 0.714. The average Bonchev–Trinajstić information content (AvgIpc) is 3.24. The van der Waals surface area contributed by atoms with E-state index < -0.39 is 0 Å². The molecule has 5 heteroatoms. The van der Waals surface area contributed by atoms with Crippen LogP contribution in [0.1, 0.15) is 32.1 Å². The third kappa shape index (κ3) is 4.06. The lowest BCUT2D eigenvalue weighted by molar-refractivity contribution is 0.361. The van der Waals surface area contributed by atoms with Gasteiger partial charge >= 0.3 is 0 Å². The summed E-state index contributed by atoms with van der Waals surface area (Å²) in [5.41, 5.74) is 0. The monoisotopic (exact) mass is 261 g/mol. The number of piperidine rings is 1. The van der Waals surface area contributed by atoms with Gasteiger partial charge in [0.05, 0.1) is 0 Å². The number of anilines is 2. The summed E-state index contributed by atoms with van der Waals surface area (Å²) in [5, 5.41) is 10.2. The number of hydrogen-bond acceptors (Lipinski definition) is 5. The van der Waals surface area contributed by atoms with Crippen molar-refractivity contribution in [1.82, 2.24) is 15.3 Å². The Kier molecular flexibility index (Phi) is 4.13. The van der Waals surface area contributed by atoms with Crippen LogP contribution >= 0.6 is 0 Å². The van der Waals surface area contributed by atoms with Gasteiger partial charge < -0.3 is 16.0 Å². The molecule has 2 heterocycles. The Labute approximate surface area is 114 Å². The highest BCUT2D eigenvalue weighted by Crippen LogP contribution is 2.24. The lowest BCUT2D eigenvalue weighted by Gasteiger charge is -2.22. The van der Waals surface area contributed by atoms with Crippen LogP contribution in [-0.4, -0.2) is 35.6 Å². The zero-order valence-corrected chi connectivity index (χ0v) is 11.4. The molecule has 2 aliphatic rings. The first kappa shape index (κ1) is 12.7. The Morgan fingerprint density at radius 1 is 1.11 bits per heavy atom. The molecule has 0 unspecified atom stereocenters. The lowest BCUT2D eigenvalue weighted by Crippen LogP contribution is -2.28. The Bertz CT molecular complexity index is 399. The molecule has 5 nitrogen and oxygen atoms in total. The van der Waals surface area contributed by atoms with Gasteiger partial charge in [-0.3, -0.25) is 0 Å². The standard InChI is InChI=1S/C14H23N5/c1-2-12(1)19-14-9-13(17-10-18-14)16-8-5-11-3-6-15-7-4-11/h9-12,15H,1-8H2,(H2,16,17,18,19). The Balaban J connectivity index is 1.43.